The van der Waals surface area contributed by atoms with Crippen molar-refractivity contribution in [2.45, 2.75) is 44.2 Å². The summed E-state index contributed by atoms with van der Waals surface area (Å²) in [5.74, 6) is -0.485. The van der Waals surface area contributed by atoms with Gasteiger partial charge < -0.3 is 20.5 Å². The highest BCUT2D eigenvalue weighted by Gasteiger charge is 2.34. The van der Waals surface area contributed by atoms with Crippen LogP contribution < -0.4 is 14.9 Å². The molecule has 3 aromatic rings. The lowest BCUT2D eigenvalue weighted by atomic mass is 9.83. The minimum atomic E-state index is -1.24. The van der Waals surface area contributed by atoms with Crippen LogP contribution in [0.3, 0.4) is 0 Å². The maximum absolute atomic E-state index is 12.8. The monoisotopic (exact) mass is 434 g/mol. The first kappa shape index (κ1) is 21.6. The van der Waals surface area contributed by atoms with E-state index in [1.807, 2.05) is 48.1 Å². The van der Waals surface area contributed by atoms with Crippen molar-refractivity contribution in [1.29, 1.82) is 5.26 Å². The minimum Gasteiger partial charge on any atom is -0.618 e. The number of benzene rings is 1. The largest absolute Gasteiger partial charge is 0.618 e. The number of nitrogens with one attached hydrogen (secondary N) is 1. The van der Waals surface area contributed by atoms with Crippen LogP contribution in [-0.2, 0) is 0 Å². The van der Waals surface area contributed by atoms with Crippen LogP contribution in [0.4, 0.5) is 11.4 Å². The molecule has 1 aliphatic carbocycles. The molecule has 0 radical (unpaired) electrons. The molecule has 2 heterocycles. The summed E-state index contributed by atoms with van der Waals surface area (Å²) in [6, 6.07) is 10.7. The van der Waals surface area contributed by atoms with Crippen molar-refractivity contribution in [1.82, 2.24) is 9.78 Å². The summed E-state index contributed by atoms with van der Waals surface area (Å²) in [4.78, 5) is 14.7. The van der Waals surface area contributed by atoms with Crippen molar-refractivity contribution in [3.63, 3.8) is 0 Å². The van der Waals surface area contributed by atoms with E-state index in [-0.39, 0.29) is 11.7 Å². The molecule has 0 bridgehead atoms. The quantitative estimate of drug-likeness (QED) is 0.370. The van der Waals surface area contributed by atoms with Gasteiger partial charge in [0.25, 0.3) is 5.69 Å². The number of amides is 1. The van der Waals surface area contributed by atoms with Gasteiger partial charge in [0.1, 0.15) is 0 Å². The number of carbonyl (C=O) groups excluding carboxylic acids is 1. The Labute approximate surface area is 186 Å². The van der Waals surface area contributed by atoms with E-state index in [1.165, 1.54) is 6.07 Å². The number of aromatic nitrogens is 3. The van der Waals surface area contributed by atoms with Gasteiger partial charge in [-0.05, 0) is 43.9 Å². The van der Waals surface area contributed by atoms with E-state index in [9.17, 15) is 15.1 Å². The highest BCUT2D eigenvalue weighted by atomic mass is 16.5. The van der Waals surface area contributed by atoms with Crippen molar-refractivity contribution in [3.05, 3.63) is 53.1 Å². The van der Waals surface area contributed by atoms with Gasteiger partial charge in [-0.2, -0.15) is 15.1 Å². The highest BCUT2D eigenvalue weighted by Crippen LogP contribution is 2.36. The molecule has 32 heavy (non-hydrogen) atoms. The Hall–Kier alpha value is -3.64. The third-order valence-electron chi connectivity index (χ3n) is 6.10. The first-order valence-corrected chi connectivity index (χ1v) is 10.6. The Morgan fingerprint density at radius 3 is 2.75 bits per heavy atom. The highest BCUT2D eigenvalue weighted by molar-refractivity contribution is 6.05. The second-order valence-electron chi connectivity index (χ2n) is 8.61. The van der Waals surface area contributed by atoms with Crippen LogP contribution >= 0.6 is 0 Å². The van der Waals surface area contributed by atoms with Crippen molar-refractivity contribution in [2.24, 2.45) is 0 Å². The van der Waals surface area contributed by atoms with Crippen LogP contribution in [0.5, 0.6) is 0 Å². The summed E-state index contributed by atoms with van der Waals surface area (Å²) < 4.78 is 2.51. The van der Waals surface area contributed by atoms with Gasteiger partial charge in [0.05, 0.1) is 29.0 Å². The summed E-state index contributed by atoms with van der Waals surface area (Å²) in [5.41, 5.74) is 1.35. The molecule has 166 valence electrons. The molecule has 2 aromatic heterocycles. The first-order valence-electron chi connectivity index (χ1n) is 10.6. The van der Waals surface area contributed by atoms with Crippen LogP contribution in [0.2, 0.25) is 0 Å². The maximum atomic E-state index is 12.8. The standard InChI is InChI=1S/C23H26N6O3/c1-15-5-4-6-20(29(15)32)22(30)25-19-11-16-13-28(26-18(16)12-21(19)27(2)3)17-7-9-23(31,14-24)10-8-17/h4-6,11-13,17,31H,7-10H2,1-3H3,(H,25,30). The Balaban J connectivity index is 1.65. The lowest BCUT2D eigenvalue weighted by Gasteiger charge is -2.30. The Kier molecular flexibility index (Phi) is 5.48. The number of anilines is 2. The molecule has 1 amide bonds. The van der Waals surface area contributed by atoms with E-state index in [0.717, 1.165) is 16.6 Å². The molecule has 1 aliphatic rings. The van der Waals surface area contributed by atoms with Gasteiger partial charge in [-0.25, -0.2) is 0 Å². The minimum absolute atomic E-state index is 0.0256. The van der Waals surface area contributed by atoms with Crippen LogP contribution in [0.1, 0.15) is 47.9 Å². The fourth-order valence-electron chi connectivity index (χ4n) is 4.15. The summed E-state index contributed by atoms with van der Waals surface area (Å²) in [7, 11) is 3.75. The number of nitriles is 1. The zero-order chi connectivity index (χ0) is 23.0. The smallest absolute Gasteiger partial charge is 0.321 e. The molecule has 4 rings (SSSR count). The zero-order valence-corrected chi connectivity index (χ0v) is 18.4. The number of hydrogen-bond donors (Lipinski definition) is 2. The molecule has 0 atom stereocenters. The maximum Gasteiger partial charge on any atom is 0.321 e. The number of carbonyl (C=O) groups is 1. The van der Waals surface area contributed by atoms with Crippen LogP contribution in [0.15, 0.2) is 36.5 Å². The molecule has 0 aliphatic heterocycles. The summed E-state index contributed by atoms with van der Waals surface area (Å²) in [6.45, 7) is 1.65. The predicted octanol–water partition coefficient (Wildman–Crippen LogP) is 2.67. The SMILES string of the molecule is Cc1cccc(C(=O)Nc2cc3cn(C4CCC(O)(C#N)CC4)nc3cc2N(C)C)[n+]1[O-]. The van der Waals surface area contributed by atoms with Crippen molar-refractivity contribution < 1.29 is 14.6 Å². The molecule has 0 unspecified atom stereocenters. The van der Waals surface area contributed by atoms with Crippen LogP contribution in [0.25, 0.3) is 10.9 Å². The summed E-state index contributed by atoms with van der Waals surface area (Å²) >= 11 is 0. The second kappa shape index (κ2) is 8.13. The Bertz CT molecular complexity index is 1220. The number of pyridine rings is 1. The van der Waals surface area contributed by atoms with E-state index in [2.05, 4.69) is 5.32 Å². The molecule has 0 saturated heterocycles. The fourth-order valence-corrected chi connectivity index (χ4v) is 4.15. The van der Waals surface area contributed by atoms with E-state index in [1.54, 1.807) is 19.1 Å². The average molecular weight is 435 g/mol. The van der Waals surface area contributed by atoms with E-state index >= 15 is 0 Å². The second-order valence-corrected chi connectivity index (χ2v) is 8.61. The van der Waals surface area contributed by atoms with Gasteiger partial charge in [0.2, 0.25) is 0 Å². The lowest BCUT2D eigenvalue weighted by Crippen LogP contribution is -2.39. The number of aryl methyl sites for hydroxylation is 1. The van der Waals surface area contributed by atoms with Crippen LogP contribution in [-0.4, -0.2) is 40.5 Å². The molecule has 1 saturated carbocycles. The Morgan fingerprint density at radius 2 is 2.09 bits per heavy atom. The third kappa shape index (κ3) is 3.97. The van der Waals surface area contributed by atoms with E-state index in [4.69, 9.17) is 10.4 Å². The van der Waals surface area contributed by atoms with Crippen molar-refractivity contribution in [3.8, 4) is 6.07 Å². The molecular formula is C23H26N6O3. The number of nitrogens with zero attached hydrogens (tertiary/aromatic N) is 5. The van der Waals surface area contributed by atoms with Gasteiger partial charge in [0.15, 0.2) is 11.3 Å². The van der Waals surface area contributed by atoms with Gasteiger partial charge in [-0.3, -0.25) is 9.48 Å². The van der Waals surface area contributed by atoms with Gasteiger partial charge in [-0.15, -0.1) is 0 Å². The first-order chi connectivity index (χ1) is 15.2. The predicted molar refractivity (Wildman–Crippen MR) is 120 cm³/mol. The molecule has 2 N–H and O–H groups in total. The summed E-state index contributed by atoms with van der Waals surface area (Å²) in [6.07, 6.45) is 4.09. The zero-order valence-electron chi connectivity index (χ0n) is 18.4. The lowest BCUT2D eigenvalue weighted by molar-refractivity contribution is -0.614. The average Bonchev–Trinajstić information content (AvgIpc) is 3.18. The third-order valence-corrected chi connectivity index (χ3v) is 6.10. The molecule has 0 spiro atoms. The fraction of sp³-hybridized carbons (Fsp3) is 0.391. The normalized spacial score (nSPS) is 20.7. The van der Waals surface area contributed by atoms with Gasteiger partial charge >= 0.3 is 5.91 Å². The van der Waals surface area contributed by atoms with E-state index < -0.39 is 11.5 Å². The van der Waals surface area contributed by atoms with E-state index in [0.29, 0.717) is 41.8 Å². The van der Waals surface area contributed by atoms with Crippen LogP contribution in [0, 0.1) is 23.5 Å². The van der Waals surface area contributed by atoms with Crippen molar-refractivity contribution in [2.75, 3.05) is 24.3 Å². The van der Waals surface area contributed by atoms with Gasteiger partial charge in [-0.1, -0.05) is 0 Å². The molecule has 9 heteroatoms. The molecular weight excluding hydrogens is 408 g/mol. The number of fused-ring (bicyclic) bond motifs is 1. The number of rotatable bonds is 4. The Morgan fingerprint density at radius 1 is 1.38 bits per heavy atom. The molecule has 1 fully saturated rings. The van der Waals surface area contributed by atoms with Gasteiger partial charge in [0, 0.05) is 44.7 Å². The molecule has 9 nitrogen and oxygen atoms in total. The summed E-state index contributed by atoms with van der Waals surface area (Å²) in [5, 5.41) is 40.0. The van der Waals surface area contributed by atoms with Crippen molar-refractivity contribution >= 4 is 28.2 Å². The topological polar surface area (TPSA) is 121 Å². The number of aliphatic hydroxyl groups is 1. The molecule has 1 aromatic carbocycles. The number of hydrogen-bond acceptors (Lipinski definition) is 6.